The number of aliphatic hydroxyl groups excluding tert-OH is 1. The minimum atomic E-state index is -0.261. The third-order valence-electron chi connectivity index (χ3n) is 4.98. The van der Waals surface area contributed by atoms with Crippen molar-refractivity contribution in [1.29, 1.82) is 0 Å². The summed E-state index contributed by atoms with van der Waals surface area (Å²) in [5.74, 6) is -0.261. The van der Waals surface area contributed by atoms with Gasteiger partial charge < -0.3 is 15.7 Å². The molecule has 1 atom stereocenters. The Bertz CT molecular complexity index is 689. The standard InChI is InChI=1S/C20H27FN4O/c21-17-15-16(22)7-8-19(17)24-10-12-25(13-11-24)20(6-2-4-14-26)18-5-1-3-9-23-18/h1,3,5,7-9,15,20,26H,2,4,6,10-14,22H2. The molecule has 1 aromatic heterocycles. The fourth-order valence-electron chi connectivity index (χ4n) is 3.59. The molecule has 5 nitrogen and oxygen atoms in total. The Kier molecular flexibility index (Phi) is 6.41. The van der Waals surface area contributed by atoms with Gasteiger partial charge in [-0.2, -0.15) is 0 Å². The highest BCUT2D eigenvalue weighted by Crippen LogP contribution is 2.28. The normalized spacial score (nSPS) is 16.6. The number of hydrogen-bond donors (Lipinski definition) is 2. The molecule has 3 rings (SSSR count). The minimum Gasteiger partial charge on any atom is -0.399 e. The largest absolute Gasteiger partial charge is 0.399 e. The number of unbranched alkanes of at least 4 members (excludes halogenated alkanes) is 1. The highest BCUT2D eigenvalue weighted by molar-refractivity contribution is 5.54. The zero-order valence-electron chi connectivity index (χ0n) is 15.0. The summed E-state index contributed by atoms with van der Waals surface area (Å²) in [6, 6.07) is 11.1. The number of nitrogens with two attached hydrogens (primary N) is 1. The quantitative estimate of drug-likeness (QED) is 0.589. The lowest BCUT2D eigenvalue weighted by atomic mass is 10.0. The molecule has 26 heavy (non-hydrogen) atoms. The number of nitrogens with zero attached hydrogens (tertiary/aromatic N) is 3. The molecule has 1 aliphatic heterocycles. The second-order valence-electron chi connectivity index (χ2n) is 6.72. The fourth-order valence-corrected chi connectivity index (χ4v) is 3.59. The van der Waals surface area contributed by atoms with Crippen LogP contribution >= 0.6 is 0 Å². The number of aromatic nitrogens is 1. The van der Waals surface area contributed by atoms with E-state index in [0.29, 0.717) is 11.4 Å². The average molecular weight is 358 g/mol. The average Bonchev–Trinajstić information content (AvgIpc) is 2.66. The number of anilines is 2. The second-order valence-corrected chi connectivity index (χ2v) is 6.72. The van der Waals surface area contributed by atoms with E-state index >= 15 is 0 Å². The molecule has 1 aliphatic rings. The van der Waals surface area contributed by atoms with Gasteiger partial charge in [-0.1, -0.05) is 6.07 Å². The van der Waals surface area contributed by atoms with E-state index in [1.165, 1.54) is 6.07 Å². The highest BCUT2D eigenvalue weighted by Gasteiger charge is 2.26. The number of pyridine rings is 1. The van der Waals surface area contributed by atoms with Crippen LogP contribution in [-0.4, -0.2) is 47.8 Å². The van der Waals surface area contributed by atoms with Crippen molar-refractivity contribution < 1.29 is 9.50 Å². The lowest BCUT2D eigenvalue weighted by molar-refractivity contribution is 0.167. The van der Waals surface area contributed by atoms with E-state index in [4.69, 9.17) is 10.8 Å². The molecule has 6 heteroatoms. The summed E-state index contributed by atoms with van der Waals surface area (Å²) in [7, 11) is 0. The summed E-state index contributed by atoms with van der Waals surface area (Å²) in [5, 5.41) is 9.09. The summed E-state index contributed by atoms with van der Waals surface area (Å²) < 4.78 is 14.2. The van der Waals surface area contributed by atoms with Crippen LogP contribution in [0.5, 0.6) is 0 Å². The van der Waals surface area contributed by atoms with Crippen LogP contribution in [-0.2, 0) is 0 Å². The third kappa shape index (κ3) is 4.51. The summed E-state index contributed by atoms with van der Waals surface area (Å²) in [6.45, 7) is 3.46. The molecule has 1 unspecified atom stereocenters. The number of halogens is 1. The van der Waals surface area contributed by atoms with Gasteiger partial charge in [-0.15, -0.1) is 0 Å². The first kappa shape index (κ1) is 18.6. The van der Waals surface area contributed by atoms with Crippen molar-refractivity contribution in [3.63, 3.8) is 0 Å². The fraction of sp³-hybridized carbons (Fsp3) is 0.450. The Morgan fingerprint density at radius 2 is 1.92 bits per heavy atom. The maximum absolute atomic E-state index is 14.2. The van der Waals surface area contributed by atoms with Crippen molar-refractivity contribution in [3.8, 4) is 0 Å². The molecule has 0 spiro atoms. The monoisotopic (exact) mass is 358 g/mol. The van der Waals surface area contributed by atoms with E-state index in [2.05, 4.69) is 20.9 Å². The molecule has 0 radical (unpaired) electrons. The minimum absolute atomic E-state index is 0.221. The zero-order valence-corrected chi connectivity index (χ0v) is 15.0. The van der Waals surface area contributed by atoms with E-state index in [1.54, 1.807) is 12.1 Å². The molecule has 0 amide bonds. The number of hydrogen-bond acceptors (Lipinski definition) is 5. The summed E-state index contributed by atoms with van der Waals surface area (Å²) in [5.41, 5.74) is 7.78. The molecule has 2 heterocycles. The van der Waals surface area contributed by atoms with Crippen LogP contribution in [0.15, 0.2) is 42.6 Å². The molecule has 1 aromatic carbocycles. The number of aliphatic hydroxyl groups is 1. The number of nitrogen functional groups attached to an aromatic ring is 1. The molecule has 1 fully saturated rings. The maximum atomic E-state index is 14.2. The Labute approximate surface area is 154 Å². The van der Waals surface area contributed by atoms with Gasteiger partial charge in [-0.3, -0.25) is 9.88 Å². The van der Waals surface area contributed by atoms with Gasteiger partial charge in [-0.25, -0.2) is 4.39 Å². The smallest absolute Gasteiger partial charge is 0.148 e. The topological polar surface area (TPSA) is 65.6 Å². The van der Waals surface area contributed by atoms with Crippen molar-refractivity contribution in [3.05, 3.63) is 54.1 Å². The SMILES string of the molecule is Nc1ccc(N2CCN(C(CCCCO)c3ccccn3)CC2)c(F)c1. The van der Waals surface area contributed by atoms with Gasteiger partial charge in [0, 0.05) is 44.7 Å². The predicted molar refractivity (Wildman–Crippen MR) is 103 cm³/mol. The van der Waals surface area contributed by atoms with Crippen LogP contribution < -0.4 is 10.6 Å². The molecular formula is C20H27FN4O. The molecular weight excluding hydrogens is 331 g/mol. The van der Waals surface area contributed by atoms with E-state index in [9.17, 15) is 4.39 Å². The molecule has 140 valence electrons. The van der Waals surface area contributed by atoms with Gasteiger partial charge in [-0.05, 0) is 49.6 Å². The first-order chi connectivity index (χ1) is 12.7. The lowest BCUT2D eigenvalue weighted by Crippen LogP contribution is -2.48. The van der Waals surface area contributed by atoms with Gasteiger partial charge >= 0.3 is 0 Å². The van der Waals surface area contributed by atoms with Crippen LogP contribution in [0.25, 0.3) is 0 Å². The van der Waals surface area contributed by atoms with Crippen LogP contribution in [0, 0.1) is 5.82 Å². The number of rotatable bonds is 7. The van der Waals surface area contributed by atoms with Gasteiger partial charge in [0.1, 0.15) is 5.82 Å². The third-order valence-corrected chi connectivity index (χ3v) is 4.98. The maximum Gasteiger partial charge on any atom is 0.148 e. The van der Waals surface area contributed by atoms with Crippen molar-refractivity contribution in [1.82, 2.24) is 9.88 Å². The lowest BCUT2D eigenvalue weighted by Gasteiger charge is -2.40. The van der Waals surface area contributed by atoms with Gasteiger partial charge in [0.25, 0.3) is 0 Å². The van der Waals surface area contributed by atoms with Crippen LogP contribution in [0.3, 0.4) is 0 Å². The van der Waals surface area contributed by atoms with E-state index in [0.717, 1.165) is 51.1 Å². The Hall–Kier alpha value is -2.18. The molecule has 1 saturated heterocycles. The number of piperazine rings is 1. The Morgan fingerprint density at radius 1 is 1.12 bits per heavy atom. The molecule has 2 aromatic rings. The molecule has 0 saturated carbocycles. The van der Waals surface area contributed by atoms with Crippen molar-refractivity contribution in [2.45, 2.75) is 25.3 Å². The van der Waals surface area contributed by atoms with Gasteiger partial charge in [0.05, 0.1) is 17.4 Å². The van der Waals surface area contributed by atoms with Crippen LogP contribution in [0.4, 0.5) is 15.8 Å². The predicted octanol–water partition coefficient (Wildman–Crippen LogP) is 2.83. The first-order valence-electron chi connectivity index (χ1n) is 9.25. The van der Waals surface area contributed by atoms with E-state index < -0.39 is 0 Å². The van der Waals surface area contributed by atoms with E-state index in [-0.39, 0.29) is 18.5 Å². The van der Waals surface area contributed by atoms with Crippen molar-refractivity contribution in [2.24, 2.45) is 0 Å². The summed E-state index contributed by atoms with van der Waals surface area (Å²) >= 11 is 0. The molecule has 0 bridgehead atoms. The van der Waals surface area contributed by atoms with Crippen molar-refractivity contribution in [2.75, 3.05) is 43.4 Å². The van der Waals surface area contributed by atoms with Crippen molar-refractivity contribution >= 4 is 11.4 Å². The molecule has 0 aliphatic carbocycles. The summed E-state index contributed by atoms with van der Waals surface area (Å²) in [6.07, 6.45) is 4.56. The highest BCUT2D eigenvalue weighted by atomic mass is 19.1. The Balaban J connectivity index is 1.67. The first-order valence-corrected chi connectivity index (χ1v) is 9.25. The number of benzene rings is 1. The van der Waals surface area contributed by atoms with Crippen LogP contribution in [0.1, 0.15) is 31.0 Å². The van der Waals surface area contributed by atoms with Crippen LogP contribution in [0.2, 0.25) is 0 Å². The molecule has 3 N–H and O–H groups in total. The zero-order chi connectivity index (χ0) is 18.4. The van der Waals surface area contributed by atoms with E-state index in [1.807, 2.05) is 18.3 Å². The summed E-state index contributed by atoms with van der Waals surface area (Å²) in [4.78, 5) is 9.04. The second kappa shape index (κ2) is 8.96. The Morgan fingerprint density at radius 3 is 2.58 bits per heavy atom. The van der Waals surface area contributed by atoms with Gasteiger partial charge in [0.2, 0.25) is 0 Å². The van der Waals surface area contributed by atoms with Gasteiger partial charge in [0.15, 0.2) is 0 Å².